The van der Waals surface area contributed by atoms with Crippen molar-refractivity contribution < 1.29 is 4.92 Å². The Bertz CT molecular complexity index is 623. The molecule has 1 unspecified atom stereocenters. The van der Waals surface area contributed by atoms with Gasteiger partial charge in [-0.15, -0.1) is 0 Å². The Kier molecular flexibility index (Phi) is 3.37. The zero-order valence-electron chi connectivity index (χ0n) is 11.1. The number of nitro groups is 1. The van der Waals surface area contributed by atoms with Crippen molar-refractivity contribution in [2.24, 2.45) is 0 Å². The lowest BCUT2D eigenvalue weighted by atomic mass is 9.88. The second-order valence-electron chi connectivity index (χ2n) is 5.16. The van der Waals surface area contributed by atoms with E-state index in [-0.39, 0.29) is 10.6 Å². The Morgan fingerprint density at radius 1 is 1.05 bits per heavy atom. The quantitative estimate of drug-likeness (QED) is 0.684. The summed E-state index contributed by atoms with van der Waals surface area (Å²) in [4.78, 5) is 10.3. The number of nitrogens with zero attached hydrogens (tertiary/aromatic N) is 1. The van der Waals surface area contributed by atoms with Crippen LogP contribution < -0.4 is 5.32 Å². The van der Waals surface area contributed by atoms with Gasteiger partial charge in [-0.2, -0.15) is 0 Å². The first-order valence-corrected chi connectivity index (χ1v) is 6.80. The number of fused-ring (bicyclic) bond motifs is 1. The smallest absolute Gasteiger partial charge is 0.269 e. The summed E-state index contributed by atoms with van der Waals surface area (Å²) in [6, 6.07) is 15.6. The van der Waals surface area contributed by atoms with Gasteiger partial charge in [-0.25, -0.2) is 0 Å². The lowest BCUT2D eigenvalue weighted by molar-refractivity contribution is -0.384. The van der Waals surface area contributed by atoms with E-state index < -0.39 is 0 Å². The second-order valence-corrected chi connectivity index (χ2v) is 5.16. The van der Waals surface area contributed by atoms with Gasteiger partial charge in [0.05, 0.1) is 4.92 Å². The SMILES string of the molecule is O=[N+]([O-])c1ccc(NC2CCc3ccccc3C2)cc1. The van der Waals surface area contributed by atoms with Crippen LogP contribution in [0.25, 0.3) is 0 Å². The molecule has 3 rings (SSSR count). The van der Waals surface area contributed by atoms with Gasteiger partial charge in [0.1, 0.15) is 0 Å². The Balaban J connectivity index is 1.69. The van der Waals surface area contributed by atoms with E-state index in [1.165, 1.54) is 11.1 Å². The van der Waals surface area contributed by atoms with Crippen LogP contribution in [0.1, 0.15) is 17.5 Å². The minimum absolute atomic E-state index is 0.129. The van der Waals surface area contributed by atoms with Gasteiger partial charge in [0, 0.05) is 23.9 Å². The average molecular weight is 268 g/mol. The number of hydrogen-bond acceptors (Lipinski definition) is 3. The lowest BCUT2D eigenvalue weighted by Gasteiger charge is -2.26. The number of anilines is 1. The number of hydrogen-bond donors (Lipinski definition) is 1. The molecule has 0 fully saturated rings. The van der Waals surface area contributed by atoms with Gasteiger partial charge >= 0.3 is 0 Å². The van der Waals surface area contributed by atoms with Gasteiger partial charge in [0.15, 0.2) is 0 Å². The third kappa shape index (κ3) is 2.64. The average Bonchev–Trinajstić information content (AvgIpc) is 2.48. The first-order valence-electron chi connectivity index (χ1n) is 6.80. The maximum Gasteiger partial charge on any atom is 0.269 e. The van der Waals surface area contributed by atoms with Gasteiger partial charge in [0.2, 0.25) is 0 Å². The molecule has 0 saturated heterocycles. The molecule has 2 aromatic rings. The van der Waals surface area contributed by atoms with Crippen LogP contribution in [0.5, 0.6) is 0 Å². The molecule has 0 bridgehead atoms. The Morgan fingerprint density at radius 2 is 1.75 bits per heavy atom. The zero-order chi connectivity index (χ0) is 13.9. The molecule has 0 spiro atoms. The van der Waals surface area contributed by atoms with E-state index >= 15 is 0 Å². The maximum absolute atomic E-state index is 10.6. The van der Waals surface area contributed by atoms with E-state index in [9.17, 15) is 10.1 Å². The summed E-state index contributed by atoms with van der Waals surface area (Å²) < 4.78 is 0. The number of nitrogens with one attached hydrogen (secondary N) is 1. The van der Waals surface area contributed by atoms with Crippen LogP contribution in [0.2, 0.25) is 0 Å². The predicted octanol–water partition coefficient (Wildman–Crippen LogP) is 3.56. The van der Waals surface area contributed by atoms with Gasteiger partial charge in [-0.1, -0.05) is 24.3 Å². The minimum atomic E-state index is -0.374. The third-order valence-electron chi connectivity index (χ3n) is 3.80. The molecule has 1 aliphatic carbocycles. The Labute approximate surface area is 117 Å². The van der Waals surface area contributed by atoms with E-state index in [0.717, 1.165) is 24.9 Å². The normalized spacial score (nSPS) is 17.3. The molecule has 0 heterocycles. The van der Waals surface area contributed by atoms with Gasteiger partial charge in [-0.3, -0.25) is 10.1 Å². The van der Waals surface area contributed by atoms with Crippen molar-refractivity contribution in [3.63, 3.8) is 0 Å². The monoisotopic (exact) mass is 268 g/mol. The second kappa shape index (κ2) is 5.33. The number of benzene rings is 2. The first-order chi connectivity index (χ1) is 9.72. The lowest BCUT2D eigenvalue weighted by Crippen LogP contribution is -2.27. The highest BCUT2D eigenvalue weighted by Crippen LogP contribution is 2.24. The Morgan fingerprint density at radius 3 is 2.45 bits per heavy atom. The van der Waals surface area contributed by atoms with Crippen LogP contribution >= 0.6 is 0 Å². The highest BCUT2D eigenvalue weighted by molar-refractivity contribution is 5.49. The fraction of sp³-hybridized carbons (Fsp3) is 0.250. The van der Waals surface area contributed by atoms with Crippen LogP contribution in [-0.2, 0) is 12.8 Å². The fourth-order valence-corrected chi connectivity index (χ4v) is 2.74. The highest BCUT2D eigenvalue weighted by atomic mass is 16.6. The molecule has 0 amide bonds. The molecule has 0 radical (unpaired) electrons. The van der Waals surface area contributed by atoms with Gasteiger partial charge < -0.3 is 5.32 Å². The molecule has 0 aromatic heterocycles. The summed E-state index contributed by atoms with van der Waals surface area (Å²) in [6.07, 6.45) is 3.18. The van der Waals surface area contributed by atoms with Gasteiger partial charge in [-0.05, 0) is 42.5 Å². The standard InChI is InChI=1S/C16H16N2O2/c19-18(20)16-9-7-14(8-10-16)17-15-6-5-12-3-1-2-4-13(12)11-15/h1-4,7-10,15,17H,5-6,11H2. The van der Waals surface area contributed by atoms with Crippen LogP contribution in [-0.4, -0.2) is 11.0 Å². The van der Waals surface area contributed by atoms with Gasteiger partial charge in [0.25, 0.3) is 5.69 Å². The number of rotatable bonds is 3. The summed E-state index contributed by atoms with van der Waals surface area (Å²) in [5.74, 6) is 0. The Hall–Kier alpha value is -2.36. The molecular weight excluding hydrogens is 252 g/mol. The molecule has 0 aliphatic heterocycles. The number of nitro benzene ring substituents is 1. The largest absolute Gasteiger partial charge is 0.382 e. The fourth-order valence-electron chi connectivity index (χ4n) is 2.74. The molecule has 102 valence electrons. The molecule has 1 atom stereocenters. The van der Waals surface area contributed by atoms with Crippen molar-refractivity contribution in [3.8, 4) is 0 Å². The van der Waals surface area contributed by atoms with Crippen LogP contribution in [0.4, 0.5) is 11.4 Å². The van der Waals surface area contributed by atoms with E-state index in [4.69, 9.17) is 0 Å². The van der Waals surface area contributed by atoms with Crippen molar-refractivity contribution in [1.82, 2.24) is 0 Å². The summed E-state index contributed by atoms with van der Waals surface area (Å²) in [5.41, 5.74) is 3.91. The van der Waals surface area contributed by atoms with E-state index in [2.05, 4.69) is 29.6 Å². The van der Waals surface area contributed by atoms with Crippen molar-refractivity contribution in [2.45, 2.75) is 25.3 Å². The molecule has 1 N–H and O–H groups in total. The maximum atomic E-state index is 10.6. The zero-order valence-corrected chi connectivity index (χ0v) is 11.1. The molecule has 4 heteroatoms. The summed E-state index contributed by atoms with van der Waals surface area (Å²) in [5, 5.41) is 14.1. The van der Waals surface area contributed by atoms with Crippen LogP contribution in [0, 0.1) is 10.1 Å². The number of aryl methyl sites for hydroxylation is 1. The molecule has 4 nitrogen and oxygen atoms in total. The van der Waals surface area contributed by atoms with Crippen LogP contribution in [0.15, 0.2) is 48.5 Å². The molecule has 2 aromatic carbocycles. The topological polar surface area (TPSA) is 55.2 Å². The molecule has 1 aliphatic rings. The van der Waals surface area contributed by atoms with E-state index in [1.807, 2.05) is 0 Å². The van der Waals surface area contributed by atoms with E-state index in [1.54, 1.807) is 24.3 Å². The van der Waals surface area contributed by atoms with Crippen molar-refractivity contribution in [2.75, 3.05) is 5.32 Å². The summed E-state index contributed by atoms with van der Waals surface area (Å²) in [6.45, 7) is 0. The molecule has 20 heavy (non-hydrogen) atoms. The summed E-state index contributed by atoms with van der Waals surface area (Å²) >= 11 is 0. The first kappa shape index (κ1) is 12.7. The highest BCUT2D eigenvalue weighted by Gasteiger charge is 2.18. The van der Waals surface area contributed by atoms with Crippen molar-refractivity contribution in [1.29, 1.82) is 0 Å². The van der Waals surface area contributed by atoms with E-state index in [0.29, 0.717) is 6.04 Å². The van der Waals surface area contributed by atoms with Crippen molar-refractivity contribution in [3.05, 3.63) is 69.8 Å². The molecular formula is C16H16N2O2. The summed E-state index contributed by atoms with van der Waals surface area (Å²) in [7, 11) is 0. The van der Waals surface area contributed by atoms with Crippen LogP contribution in [0.3, 0.4) is 0 Å². The number of non-ortho nitro benzene ring substituents is 1. The minimum Gasteiger partial charge on any atom is -0.382 e. The predicted molar refractivity (Wildman–Crippen MR) is 79.0 cm³/mol. The molecule has 0 saturated carbocycles. The third-order valence-corrected chi connectivity index (χ3v) is 3.80. The van der Waals surface area contributed by atoms with Crippen molar-refractivity contribution >= 4 is 11.4 Å².